The summed E-state index contributed by atoms with van der Waals surface area (Å²) in [4.78, 5) is 14.9. The lowest BCUT2D eigenvalue weighted by molar-refractivity contribution is 0.0793. The van der Waals surface area contributed by atoms with Gasteiger partial charge in [0.1, 0.15) is 0 Å². The van der Waals surface area contributed by atoms with Crippen LogP contribution in [0.5, 0.6) is 0 Å². The van der Waals surface area contributed by atoms with Gasteiger partial charge in [0.2, 0.25) is 0 Å². The highest BCUT2D eigenvalue weighted by molar-refractivity contribution is 6.30. The monoisotopic (exact) mass is 317 g/mol. The lowest BCUT2D eigenvalue weighted by Gasteiger charge is -2.29. The first-order valence-corrected chi connectivity index (χ1v) is 7.74. The number of ketones is 1. The maximum absolute atomic E-state index is 13.0. The number of carbonyl (C=O) groups excluding carboxylic acids is 1. The van der Waals surface area contributed by atoms with Gasteiger partial charge in [-0.15, -0.1) is 0 Å². The summed E-state index contributed by atoms with van der Waals surface area (Å²) in [6, 6.07) is 16.2. The van der Waals surface area contributed by atoms with Crippen molar-refractivity contribution in [3.63, 3.8) is 0 Å². The van der Waals surface area contributed by atoms with Crippen molar-refractivity contribution in [3.05, 3.63) is 70.7 Å². The second-order valence-electron chi connectivity index (χ2n) is 5.04. The molecule has 22 heavy (non-hydrogen) atoms. The molecule has 0 spiro atoms. The molecule has 0 heterocycles. The Labute approximate surface area is 136 Å². The van der Waals surface area contributed by atoms with Gasteiger partial charge in [0, 0.05) is 17.1 Å². The highest BCUT2D eigenvalue weighted by atomic mass is 35.5. The molecule has 0 saturated carbocycles. The van der Waals surface area contributed by atoms with E-state index in [1.54, 1.807) is 24.3 Å². The SMILES string of the molecule is CCN(CCO)C(C(=O)c1ccc(Cl)cc1)c1ccccc1. The molecule has 116 valence electrons. The summed E-state index contributed by atoms with van der Waals surface area (Å²) in [6.45, 7) is 3.14. The van der Waals surface area contributed by atoms with Gasteiger partial charge in [0.25, 0.3) is 0 Å². The molecule has 0 aliphatic rings. The van der Waals surface area contributed by atoms with Gasteiger partial charge in [-0.3, -0.25) is 9.69 Å². The summed E-state index contributed by atoms with van der Waals surface area (Å²) in [7, 11) is 0. The fourth-order valence-electron chi connectivity index (χ4n) is 2.53. The zero-order chi connectivity index (χ0) is 15.9. The number of nitrogens with zero attached hydrogens (tertiary/aromatic N) is 1. The third kappa shape index (κ3) is 3.95. The average molecular weight is 318 g/mol. The van der Waals surface area contributed by atoms with E-state index in [1.165, 1.54) is 0 Å². The standard InChI is InChI=1S/C18H20ClNO2/c1-2-20(12-13-21)17(14-6-4-3-5-7-14)18(22)15-8-10-16(19)11-9-15/h3-11,17,21H,2,12-13H2,1H3. The first kappa shape index (κ1) is 16.7. The number of aliphatic hydroxyl groups is 1. The summed E-state index contributed by atoms with van der Waals surface area (Å²) in [5.41, 5.74) is 1.55. The molecule has 0 fully saturated rings. The maximum atomic E-state index is 13.0. The molecule has 2 aromatic rings. The minimum Gasteiger partial charge on any atom is -0.395 e. The zero-order valence-electron chi connectivity index (χ0n) is 12.6. The van der Waals surface area contributed by atoms with E-state index >= 15 is 0 Å². The summed E-state index contributed by atoms with van der Waals surface area (Å²) in [5, 5.41) is 9.89. The molecular weight excluding hydrogens is 298 g/mol. The van der Waals surface area contributed by atoms with E-state index < -0.39 is 6.04 Å². The Morgan fingerprint density at radius 1 is 1.14 bits per heavy atom. The van der Waals surface area contributed by atoms with E-state index in [0.717, 1.165) is 5.56 Å². The smallest absolute Gasteiger partial charge is 0.184 e. The van der Waals surface area contributed by atoms with Gasteiger partial charge in [-0.25, -0.2) is 0 Å². The zero-order valence-corrected chi connectivity index (χ0v) is 13.3. The lowest BCUT2D eigenvalue weighted by Crippen LogP contribution is -2.36. The van der Waals surface area contributed by atoms with E-state index in [9.17, 15) is 9.90 Å². The van der Waals surface area contributed by atoms with Crippen LogP contribution in [0.2, 0.25) is 5.02 Å². The van der Waals surface area contributed by atoms with Crippen LogP contribution < -0.4 is 0 Å². The van der Waals surface area contributed by atoms with E-state index in [2.05, 4.69) is 0 Å². The van der Waals surface area contributed by atoms with Crippen molar-refractivity contribution in [1.82, 2.24) is 4.90 Å². The van der Waals surface area contributed by atoms with Crippen molar-refractivity contribution in [2.75, 3.05) is 19.7 Å². The van der Waals surface area contributed by atoms with E-state index in [4.69, 9.17) is 11.6 Å². The van der Waals surface area contributed by atoms with Crippen LogP contribution in [-0.2, 0) is 0 Å². The number of likely N-dealkylation sites (N-methyl/N-ethyl adjacent to an activating group) is 1. The van der Waals surface area contributed by atoms with Gasteiger partial charge < -0.3 is 5.11 Å². The molecule has 0 aromatic heterocycles. The first-order chi connectivity index (χ1) is 10.7. The quantitative estimate of drug-likeness (QED) is 0.794. The van der Waals surface area contributed by atoms with Crippen LogP contribution in [0, 0.1) is 0 Å². The molecule has 2 aromatic carbocycles. The Balaban J connectivity index is 2.39. The topological polar surface area (TPSA) is 40.5 Å². The van der Waals surface area contributed by atoms with Crippen molar-refractivity contribution in [2.24, 2.45) is 0 Å². The third-order valence-electron chi connectivity index (χ3n) is 3.65. The molecule has 0 amide bonds. The normalized spacial score (nSPS) is 12.4. The minimum atomic E-state index is -0.403. The molecule has 3 nitrogen and oxygen atoms in total. The van der Waals surface area contributed by atoms with E-state index in [1.807, 2.05) is 42.2 Å². The van der Waals surface area contributed by atoms with Gasteiger partial charge in [-0.05, 0) is 36.4 Å². The Hall–Kier alpha value is -1.68. The number of rotatable bonds is 7. The molecule has 4 heteroatoms. The van der Waals surface area contributed by atoms with Gasteiger partial charge in [-0.2, -0.15) is 0 Å². The van der Waals surface area contributed by atoms with Gasteiger partial charge in [0.05, 0.1) is 12.6 Å². The second kappa shape index (κ2) is 8.08. The van der Waals surface area contributed by atoms with E-state index in [-0.39, 0.29) is 12.4 Å². The van der Waals surface area contributed by atoms with Crippen LogP contribution in [-0.4, -0.2) is 35.5 Å². The molecule has 2 rings (SSSR count). The van der Waals surface area contributed by atoms with Gasteiger partial charge >= 0.3 is 0 Å². The fourth-order valence-corrected chi connectivity index (χ4v) is 2.66. The van der Waals surface area contributed by atoms with Crippen LogP contribution in [0.3, 0.4) is 0 Å². The Kier molecular flexibility index (Phi) is 6.13. The average Bonchev–Trinajstić information content (AvgIpc) is 2.56. The Morgan fingerprint density at radius 3 is 2.32 bits per heavy atom. The number of Topliss-reactive ketones (excluding diaryl/α,β-unsaturated/α-hetero) is 1. The number of hydrogen-bond donors (Lipinski definition) is 1. The first-order valence-electron chi connectivity index (χ1n) is 7.37. The summed E-state index contributed by atoms with van der Waals surface area (Å²) in [6.07, 6.45) is 0. The van der Waals surface area contributed by atoms with Crippen molar-refractivity contribution < 1.29 is 9.90 Å². The van der Waals surface area contributed by atoms with Crippen LogP contribution in [0.1, 0.15) is 28.9 Å². The number of aliphatic hydroxyl groups excluding tert-OH is 1. The largest absolute Gasteiger partial charge is 0.395 e. The minimum absolute atomic E-state index is 0.0122. The molecule has 0 saturated heterocycles. The van der Waals surface area contributed by atoms with Crippen molar-refractivity contribution in [3.8, 4) is 0 Å². The number of hydrogen-bond acceptors (Lipinski definition) is 3. The van der Waals surface area contributed by atoms with E-state index in [0.29, 0.717) is 23.7 Å². The van der Waals surface area contributed by atoms with Crippen LogP contribution in [0.25, 0.3) is 0 Å². The molecule has 0 aliphatic carbocycles. The van der Waals surface area contributed by atoms with Gasteiger partial charge in [0.15, 0.2) is 5.78 Å². The molecular formula is C18H20ClNO2. The predicted octanol–water partition coefficient (Wildman–Crippen LogP) is 3.58. The molecule has 1 atom stereocenters. The molecule has 0 bridgehead atoms. The number of halogens is 1. The highest BCUT2D eigenvalue weighted by Crippen LogP contribution is 2.25. The predicted molar refractivity (Wildman–Crippen MR) is 89.3 cm³/mol. The Morgan fingerprint density at radius 2 is 1.77 bits per heavy atom. The second-order valence-corrected chi connectivity index (χ2v) is 5.47. The van der Waals surface area contributed by atoms with Crippen molar-refractivity contribution in [2.45, 2.75) is 13.0 Å². The highest BCUT2D eigenvalue weighted by Gasteiger charge is 2.27. The Bertz CT molecular complexity index is 598. The maximum Gasteiger partial charge on any atom is 0.184 e. The summed E-state index contributed by atoms with van der Waals surface area (Å²) in [5.74, 6) is 0.0122. The summed E-state index contributed by atoms with van der Waals surface area (Å²) >= 11 is 5.90. The number of benzene rings is 2. The van der Waals surface area contributed by atoms with Crippen LogP contribution in [0.4, 0.5) is 0 Å². The van der Waals surface area contributed by atoms with Crippen LogP contribution >= 0.6 is 11.6 Å². The third-order valence-corrected chi connectivity index (χ3v) is 3.90. The van der Waals surface area contributed by atoms with Gasteiger partial charge in [-0.1, -0.05) is 48.9 Å². The summed E-state index contributed by atoms with van der Waals surface area (Å²) < 4.78 is 0. The van der Waals surface area contributed by atoms with Crippen LogP contribution in [0.15, 0.2) is 54.6 Å². The molecule has 1 unspecified atom stereocenters. The molecule has 1 N–H and O–H groups in total. The fraction of sp³-hybridized carbons (Fsp3) is 0.278. The van der Waals surface area contributed by atoms with Crippen molar-refractivity contribution >= 4 is 17.4 Å². The van der Waals surface area contributed by atoms with Crippen molar-refractivity contribution in [1.29, 1.82) is 0 Å². The lowest BCUT2D eigenvalue weighted by atomic mass is 9.96. The molecule has 0 radical (unpaired) electrons. The molecule has 0 aliphatic heterocycles. The number of carbonyl (C=O) groups is 1.